The Bertz CT molecular complexity index is 1610. The number of hydrogen-bond acceptors (Lipinski definition) is 6. The number of pyridine rings is 1. The molecule has 0 radical (unpaired) electrons. The van der Waals surface area contributed by atoms with E-state index in [9.17, 15) is 36.3 Å². The number of fused-ring (bicyclic) bond motifs is 1. The van der Waals surface area contributed by atoms with E-state index in [1.165, 1.54) is 45.6 Å². The Kier molecular flexibility index (Phi) is 7.23. The Morgan fingerprint density at radius 2 is 1.60 bits per heavy atom. The number of aromatic nitrogens is 1. The number of piperazine rings is 1. The standard InChI is InChI=1S/C26H22ClF3N4O5S/c27-22-14-17(26(28,29)30)15-23(31-22)32-9-11-33(12-10-32)40(38,39)18-5-6-21-16(13-18)7-8-34(21)24(35)19-3-1-2-4-20(19)25(36)37/h1-6,13-15H,7-12H2,(H,36,37). The highest BCUT2D eigenvalue weighted by molar-refractivity contribution is 7.89. The number of sulfonamides is 1. The van der Waals surface area contributed by atoms with Crippen LogP contribution in [0, 0.1) is 0 Å². The van der Waals surface area contributed by atoms with E-state index in [2.05, 4.69) is 4.98 Å². The van der Waals surface area contributed by atoms with Crippen LogP contribution in [-0.2, 0) is 22.6 Å². The molecule has 0 unspecified atom stereocenters. The lowest BCUT2D eigenvalue weighted by Crippen LogP contribution is -2.49. The summed E-state index contributed by atoms with van der Waals surface area (Å²) in [5.41, 5.74) is 0.107. The molecule has 5 rings (SSSR count). The van der Waals surface area contributed by atoms with Crippen molar-refractivity contribution in [1.29, 1.82) is 0 Å². The minimum atomic E-state index is -4.60. The number of carboxylic acid groups (broad SMARTS) is 1. The zero-order valence-electron chi connectivity index (χ0n) is 20.7. The minimum Gasteiger partial charge on any atom is -0.478 e. The molecule has 2 aliphatic heterocycles. The number of carbonyl (C=O) groups excluding carboxylic acids is 1. The number of alkyl halides is 3. The second kappa shape index (κ2) is 10.4. The molecule has 9 nitrogen and oxygen atoms in total. The molecule has 1 amide bonds. The SMILES string of the molecule is O=C(O)c1ccccc1C(=O)N1CCc2cc(S(=O)(=O)N3CCN(c4cc(C(F)(F)F)cc(Cl)n4)CC3)ccc21. The van der Waals surface area contributed by atoms with Gasteiger partial charge in [0, 0.05) is 38.4 Å². The van der Waals surface area contributed by atoms with E-state index in [0.717, 1.165) is 12.1 Å². The quantitative estimate of drug-likeness (QED) is 0.442. The average Bonchev–Trinajstić information content (AvgIpc) is 3.35. The van der Waals surface area contributed by atoms with Crippen molar-refractivity contribution < 1.29 is 36.3 Å². The fourth-order valence-electron chi connectivity index (χ4n) is 4.87. The number of benzene rings is 2. The van der Waals surface area contributed by atoms with Gasteiger partial charge in [0.05, 0.1) is 21.6 Å². The van der Waals surface area contributed by atoms with Crippen molar-refractivity contribution in [3.63, 3.8) is 0 Å². The van der Waals surface area contributed by atoms with Gasteiger partial charge in [-0.15, -0.1) is 0 Å². The first-order valence-electron chi connectivity index (χ1n) is 12.1. The maximum Gasteiger partial charge on any atom is 0.416 e. The first-order chi connectivity index (χ1) is 18.9. The molecule has 3 aromatic rings. The van der Waals surface area contributed by atoms with Crippen LogP contribution >= 0.6 is 11.6 Å². The summed E-state index contributed by atoms with van der Waals surface area (Å²) in [4.78, 5) is 31.7. The van der Waals surface area contributed by atoms with Crippen molar-refractivity contribution in [2.45, 2.75) is 17.5 Å². The van der Waals surface area contributed by atoms with Gasteiger partial charge in [-0.25, -0.2) is 18.2 Å². The lowest BCUT2D eigenvalue weighted by molar-refractivity contribution is -0.137. The Morgan fingerprint density at radius 3 is 2.25 bits per heavy atom. The molecule has 1 saturated heterocycles. The third-order valence-electron chi connectivity index (χ3n) is 6.89. The molecule has 210 valence electrons. The Hall–Kier alpha value is -3.68. The fourth-order valence-corrected chi connectivity index (χ4v) is 6.54. The number of carbonyl (C=O) groups is 2. The second-order valence-corrected chi connectivity index (χ2v) is 11.6. The average molecular weight is 595 g/mol. The molecule has 3 heterocycles. The van der Waals surface area contributed by atoms with Crippen LogP contribution in [0.4, 0.5) is 24.7 Å². The summed E-state index contributed by atoms with van der Waals surface area (Å²) in [6.07, 6.45) is -4.21. The number of carboxylic acids is 1. The number of anilines is 2. The summed E-state index contributed by atoms with van der Waals surface area (Å²) >= 11 is 5.79. The van der Waals surface area contributed by atoms with E-state index in [1.807, 2.05) is 0 Å². The van der Waals surface area contributed by atoms with E-state index in [4.69, 9.17) is 11.6 Å². The van der Waals surface area contributed by atoms with Crippen LogP contribution < -0.4 is 9.80 Å². The largest absolute Gasteiger partial charge is 0.478 e. The van der Waals surface area contributed by atoms with Crippen molar-refractivity contribution in [1.82, 2.24) is 9.29 Å². The normalized spacial score (nSPS) is 16.2. The van der Waals surface area contributed by atoms with Gasteiger partial charge in [-0.2, -0.15) is 17.5 Å². The van der Waals surface area contributed by atoms with Crippen LogP contribution in [0.2, 0.25) is 5.15 Å². The van der Waals surface area contributed by atoms with Crippen molar-refractivity contribution >= 4 is 45.0 Å². The van der Waals surface area contributed by atoms with Gasteiger partial charge in [-0.1, -0.05) is 23.7 Å². The fraction of sp³-hybridized carbons (Fsp3) is 0.269. The predicted molar refractivity (Wildman–Crippen MR) is 140 cm³/mol. The van der Waals surface area contributed by atoms with E-state index < -0.39 is 33.6 Å². The monoisotopic (exact) mass is 594 g/mol. The maximum atomic E-state index is 13.4. The second-order valence-electron chi connectivity index (χ2n) is 9.27. The van der Waals surface area contributed by atoms with Crippen LogP contribution in [-0.4, -0.2) is 67.4 Å². The van der Waals surface area contributed by atoms with E-state index in [1.54, 1.807) is 11.0 Å². The molecule has 40 heavy (non-hydrogen) atoms. The summed E-state index contributed by atoms with van der Waals surface area (Å²) in [7, 11) is -3.94. The molecule has 0 atom stereocenters. The highest BCUT2D eigenvalue weighted by Gasteiger charge is 2.35. The van der Waals surface area contributed by atoms with Gasteiger partial charge in [0.1, 0.15) is 11.0 Å². The van der Waals surface area contributed by atoms with E-state index >= 15 is 0 Å². The van der Waals surface area contributed by atoms with E-state index in [-0.39, 0.29) is 59.7 Å². The summed E-state index contributed by atoms with van der Waals surface area (Å²) in [6, 6.07) is 11.9. The molecular weight excluding hydrogens is 573 g/mol. The van der Waals surface area contributed by atoms with Gasteiger partial charge in [0.15, 0.2) is 0 Å². The number of hydrogen-bond donors (Lipinski definition) is 1. The van der Waals surface area contributed by atoms with Crippen molar-refractivity contribution in [3.05, 3.63) is 82.0 Å². The molecular formula is C26H22ClF3N4O5S. The molecule has 2 aromatic carbocycles. The van der Waals surface area contributed by atoms with Gasteiger partial charge in [0.25, 0.3) is 5.91 Å². The lowest BCUT2D eigenvalue weighted by atomic mass is 10.1. The van der Waals surface area contributed by atoms with Gasteiger partial charge in [-0.05, 0) is 54.4 Å². The number of aromatic carboxylic acids is 1. The zero-order chi connectivity index (χ0) is 28.8. The van der Waals surface area contributed by atoms with Crippen molar-refractivity contribution in [3.8, 4) is 0 Å². The Balaban J connectivity index is 1.32. The van der Waals surface area contributed by atoms with Crippen molar-refractivity contribution in [2.75, 3.05) is 42.5 Å². The van der Waals surface area contributed by atoms with Gasteiger partial charge in [-0.3, -0.25) is 4.79 Å². The Labute approximate surface area is 232 Å². The van der Waals surface area contributed by atoms with Crippen LogP contribution in [0.25, 0.3) is 0 Å². The summed E-state index contributed by atoms with van der Waals surface area (Å²) in [5.74, 6) is -1.70. The van der Waals surface area contributed by atoms with Crippen molar-refractivity contribution in [2.24, 2.45) is 0 Å². The van der Waals surface area contributed by atoms with Crippen LogP contribution in [0.15, 0.2) is 59.5 Å². The molecule has 0 spiro atoms. The molecule has 0 bridgehead atoms. The molecule has 0 saturated carbocycles. The van der Waals surface area contributed by atoms with Gasteiger partial charge < -0.3 is 14.9 Å². The van der Waals surface area contributed by atoms with Crippen LogP contribution in [0.5, 0.6) is 0 Å². The van der Waals surface area contributed by atoms with Crippen LogP contribution in [0.1, 0.15) is 31.8 Å². The minimum absolute atomic E-state index is 0.0173. The van der Waals surface area contributed by atoms with E-state index in [0.29, 0.717) is 17.7 Å². The third kappa shape index (κ3) is 5.23. The molecule has 1 fully saturated rings. The predicted octanol–water partition coefficient (Wildman–Crippen LogP) is 4.17. The molecule has 1 aromatic heterocycles. The molecule has 0 aliphatic carbocycles. The first-order valence-corrected chi connectivity index (χ1v) is 13.9. The first kappa shape index (κ1) is 27.9. The smallest absolute Gasteiger partial charge is 0.416 e. The summed E-state index contributed by atoms with van der Waals surface area (Å²) in [6.45, 7) is 0.522. The topological polar surface area (TPSA) is 111 Å². The molecule has 2 aliphatic rings. The summed E-state index contributed by atoms with van der Waals surface area (Å²) in [5, 5.41) is 9.13. The summed E-state index contributed by atoms with van der Waals surface area (Å²) < 4.78 is 67.6. The van der Waals surface area contributed by atoms with Gasteiger partial charge in [0.2, 0.25) is 10.0 Å². The number of amides is 1. The Morgan fingerprint density at radius 1 is 0.925 bits per heavy atom. The lowest BCUT2D eigenvalue weighted by Gasteiger charge is -2.35. The third-order valence-corrected chi connectivity index (χ3v) is 8.98. The highest BCUT2D eigenvalue weighted by Crippen LogP contribution is 2.35. The molecule has 1 N–H and O–H groups in total. The number of halogens is 4. The van der Waals surface area contributed by atoms with Gasteiger partial charge >= 0.3 is 12.1 Å². The maximum absolute atomic E-state index is 13.4. The molecule has 14 heteroatoms. The number of rotatable bonds is 5. The zero-order valence-corrected chi connectivity index (χ0v) is 22.3. The van der Waals surface area contributed by atoms with Crippen LogP contribution in [0.3, 0.4) is 0 Å². The number of nitrogens with zero attached hydrogens (tertiary/aromatic N) is 4. The highest BCUT2D eigenvalue weighted by atomic mass is 35.5.